The zero-order valence-electron chi connectivity index (χ0n) is 14.8. The van der Waals surface area contributed by atoms with Gasteiger partial charge in [-0.2, -0.15) is 0 Å². The first-order valence-corrected chi connectivity index (χ1v) is 9.24. The molecule has 1 aromatic heterocycles. The lowest BCUT2D eigenvalue weighted by Crippen LogP contribution is -2.04. The van der Waals surface area contributed by atoms with Gasteiger partial charge in [-0.05, 0) is 47.0 Å². The van der Waals surface area contributed by atoms with E-state index in [4.69, 9.17) is 14.6 Å². The van der Waals surface area contributed by atoms with Crippen molar-refractivity contribution < 1.29 is 28.2 Å². The zero-order chi connectivity index (χ0) is 19.1. The predicted molar refractivity (Wildman–Crippen MR) is 96.5 cm³/mol. The van der Waals surface area contributed by atoms with Crippen LogP contribution in [0.3, 0.4) is 0 Å². The summed E-state index contributed by atoms with van der Waals surface area (Å²) in [4.78, 5) is 11.4. The quantitative estimate of drug-likeness (QED) is 0.579. The molecule has 0 saturated heterocycles. The summed E-state index contributed by atoms with van der Waals surface area (Å²) in [6, 6.07) is 4.29. The summed E-state index contributed by atoms with van der Waals surface area (Å²) in [5.74, 6) is -2.62. The number of hydrogen-bond acceptors (Lipinski definition) is 4. The fourth-order valence-electron chi connectivity index (χ4n) is 2.27. The first kappa shape index (κ1) is 20.3. The number of carboxylic acids is 1. The molecule has 0 bridgehead atoms. The second-order valence-corrected chi connectivity index (χ2v) is 7.32. The van der Waals surface area contributed by atoms with E-state index < -0.39 is 23.4 Å². The summed E-state index contributed by atoms with van der Waals surface area (Å²) >= 11 is 1.47. The predicted octanol–water partition coefficient (Wildman–Crippen LogP) is 5.11. The molecule has 7 heteroatoms. The third-order valence-corrected chi connectivity index (χ3v) is 4.37. The monoisotopic (exact) mass is 384 g/mol. The molecule has 4 nitrogen and oxygen atoms in total. The van der Waals surface area contributed by atoms with Crippen molar-refractivity contribution in [2.24, 2.45) is 5.92 Å². The molecule has 0 aliphatic rings. The highest BCUT2D eigenvalue weighted by atomic mass is 32.1. The van der Waals surface area contributed by atoms with Crippen LogP contribution < -0.4 is 4.74 Å². The van der Waals surface area contributed by atoms with Gasteiger partial charge in [0.1, 0.15) is 0 Å². The molecule has 0 fully saturated rings. The maximum absolute atomic E-state index is 14.2. The molecule has 2 rings (SSSR count). The lowest BCUT2D eigenvalue weighted by Gasteiger charge is -2.09. The molecule has 0 amide bonds. The molecule has 142 valence electrons. The molecular formula is C19H22F2O4S. The average molecular weight is 384 g/mol. The number of hydrogen-bond donors (Lipinski definition) is 1. The van der Waals surface area contributed by atoms with Crippen molar-refractivity contribution in [1.82, 2.24) is 0 Å². The van der Waals surface area contributed by atoms with Crippen LogP contribution in [-0.2, 0) is 16.1 Å². The van der Waals surface area contributed by atoms with Crippen LogP contribution in [-0.4, -0.2) is 24.3 Å². The van der Waals surface area contributed by atoms with E-state index in [0.29, 0.717) is 30.3 Å². The van der Waals surface area contributed by atoms with Crippen LogP contribution in [0.4, 0.5) is 8.78 Å². The van der Waals surface area contributed by atoms with Crippen molar-refractivity contribution in [3.8, 4) is 16.9 Å². The minimum atomic E-state index is -0.976. The Morgan fingerprint density at radius 3 is 2.50 bits per heavy atom. The normalized spacial score (nSPS) is 11.1. The average Bonchev–Trinajstić information content (AvgIpc) is 3.01. The van der Waals surface area contributed by atoms with E-state index >= 15 is 0 Å². The van der Waals surface area contributed by atoms with E-state index in [9.17, 15) is 13.6 Å². The van der Waals surface area contributed by atoms with E-state index in [0.717, 1.165) is 4.88 Å². The highest BCUT2D eigenvalue weighted by Crippen LogP contribution is 2.32. The van der Waals surface area contributed by atoms with Gasteiger partial charge in [0.05, 0.1) is 13.2 Å². The van der Waals surface area contributed by atoms with Gasteiger partial charge in [-0.3, -0.25) is 4.79 Å². The minimum Gasteiger partial charge on any atom is -0.488 e. The molecule has 26 heavy (non-hydrogen) atoms. The molecule has 2 aromatic rings. The Morgan fingerprint density at radius 1 is 1.19 bits per heavy atom. The molecule has 1 heterocycles. The summed E-state index contributed by atoms with van der Waals surface area (Å²) in [6.45, 7) is 5.20. The number of halogens is 2. The third-order valence-electron chi connectivity index (χ3n) is 3.46. The fraction of sp³-hybridized carbons (Fsp3) is 0.421. The number of ether oxygens (including phenoxy) is 2. The van der Waals surface area contributed by atoms with Gasteiger partial charge in [0.25, 0.3) is 0 Å². The van der Waals surface area contributed by atoms with Crippen LogP contribution in [0, 0.1) is 17.6 Å². The molecule has 1 aromatic carbocycles. The molecule has 0 atom stereocenters. The lowest BCUT2D eigenvalue weighted by atomic mass is 10.1. The second kappa shape index (κ2) is 9.64. The Bertz CT molecular complexity index is 720. The minimum absolute atomic E-state index is 0.0602. The molecule has 0 aliphatic carbocycles. The Labute approximate surface area is 155 Å². The van der Waals surface area contributed by atoms with Gasteiger partial charge in [0, 0.05) is 17.9 Å². The molecule has 0 radical (unpaired) electrons. The van der Waals surface area contributed by atoms with E-state index in [1.165, 1.54) is 23.5 Å². The topological polar surface area (TPSA) is 55.8 Å². The van der Waals surface area contributed by atoms with Crippen molar-refractivity contribution in [2.75, 3.05) is 13.2 Å². The first-order valence-electron chi connectivity index (χ1n) is 8.36. The van der Waals surface area contributed by atoms with E-state index in [-0.39, 0.29) is 19.4 Å². The maximum atomic E-state index is 14.2. The molecule has 0 saturated carbocycles. The Balaban J connectivity index is 2.02. The summed E-state index contributed by atoms with van der Waals surface area (Å²) < 4.78 is 39.0. The van der Waals surface area contributed by atoms with Gasteiger partial charge in [-0.1, -0.05) is 13.8 Å². The third kappa shape index (κ3) is 6.07. The van der Waals surface area contributed by atoms with Crippen LogP contribution in [0.2, 0.25) is 0 Å². The summed E-state index contributed by atoms with van der Waals surface area (Å²) in [7, 11) is 0. The van der Waals surface area contributed by atoms with Crippen LogP contribution in [0.5, 0.6) is 5.75 Å². The SMILES string of the molecule is CC(C)COCc1cc(-c2cc(F)c(OCCCC(=O)O)c(F)c2)cs1. The Hall–Kier alpha value is -1.99. The van der Waals surface area contributed by atoms with Gasteiger partial charge >= 0.3 is 5.97 Å². The summed E-state index contributed by atoms with van der Waals surface area (Å²) in [5.41, 5.74) is 1.14. The van der Waals surface area contributed by atoms with Crippen LogP contribution in [0.1, 0.15) is 31.6 Å². The number of carboxylic acid groups (broad SMARTS) is 1. The van der Waals surface area contributed by atoms with Crippen molar-refractivity contribution in [3.63, 3.8) is 0 Å². The summed E-state index contributed by atoms with van der Waals surface area (Å²) in [5, 5.41) is 10.4. The van der Waals surface area contributed by atoms with E-state index in [1.54, 1.807) is 0 Å². The molecule has 0 unspecified atom stereocenters. The van der Waals surface area contributed by atoms with E-state index in [2.05, 4.69) is 13.8 Å². The Kier molecular flexibility index (Phi) is 7.53. The second-order valence-electron chi connectivity index (χ2n) is 6.33. The van der Waals surface area contributed by atoms with Crippen molar-refractivity contribution in [2.45, 2.75) is 33.3 Å². The van der Waals surface area contributed by atoms with Gasteiger partial charge in [0.15, 0.2) is 17.4 Å². The molecule has 1 N–H and O–H groups in total. The zero-order valence-corrected chi connectivity index (χ0v) is 15.6. The molecule has 0 spiro atoms. The van der Waals surface area contributed by atoms with Crippen LogP contribution in [0.25, 0.3) is 11.1 Å². The molecular weight excluding hydrogens is 362 g/mol. The maximum Gasteiger partial charge on any atom is 0.303 e. The van der Waals surface area contributed by atoms with Gasteiger partial charge in [-0.25, -0.2) is 8.78 Å². The smallest absolute Gasteiger partial charge is 0.303 e. The van der Waals surface area contributed by atoms with Crippen molar-refractivity contribution in [3.05, 3.63) is 40.1 Å². The number of aliphatic carboxylic acids is 1. The number of thiophene rings is 1. The van der Waals surface area contributed by atoms with Crippen molar-refractivity contribution in [1.29, 1.82) is 0 Å². The fourth-order valence-corrected chi connectivity index (χ4v) is 3.09. The van der Waals surface area contributed by atoms with Gasteiger partial charge in [-0.15, -0.1) is 11.3 Å². The first-order chi connectivity index (χ1) is 12.4. The number of carbonyl (C=O) groups is 1. The van der Waals surface area contributed by atoms with Gasteiger partial charge < -0.3 is 14.6 Å². The number of benzene rings is 1. The van der Waals surface area contributed by atoms with Crippen LogP contribution in [0.15, 0.2) is 23.6 Å². The lowest BCUT2D eigenvalue weighted by molar-refractivity contribution is -0.137. The van der Waals surface area contributed by atoms with E-state index in [1.807, 2.05) is 11.4 Å². The van der Waals surface area contributed by atoms with Gasteiger partial charge in [0.2, 0.25) is 0 Å². The number of rotatable bonds is 10. The molecule has 0 aliphatic heterocycles. The highest BCUT2D eigenvalue weighted by Gasteiger charge is 2.15. The van der Waals surface area contributed by atoms with Crippen LogP contribution >= 0.6 is 11.3 Å². The highest BCUT2D eigenvalue weighted by molar-refractivity contribution is 7.10. The van der Waals surface area contributed by atoms with Crippen molar-refractivity contribution >= 4 is 17.3 Å². The summed E-state index contributed by atoms with van der Waals surface area (Å²) in [6.07, 6.45) is 0.0676. The standard InChI is InChI=1S/C19H22F2O4S/c1-12(2)9-24-10-15-6-14(11-26-15)13-7-16(20)19(17(21)8-13)25-5-3-4-18(22)23/h6-8,11-12H,3-5,9-10H2,1-2H3,(H,22,23). The largest absolute Gasteiger partial charge is 0.488 e. The Morgan fingerprint density at radius 2 is 1.88 bits per heavy atom.